The molecule has 1 aliphatic carbocycles. The highest BCUT2D eigenvalue weighted by atomic mass is 16.4. The van der Waals surface area contributed by atoms with Crippen molar-refractivity contribution in [2.75, 3.05) is 0 Å². The van der Waals surface area contributed by atoms with E-state index in [2.05, 4.69) is 6.92 Å². The molecule has 0 radical (unpaired) electrons. The molecule has 2 N–H and O–H groups in total. The normalized spacial score (nSPS) is 27.6. The summed E-state index contributed by atoms with van der Waals surface area (Å²) in [5.74, 6) is 1.01. The van der Waals surface area contributed by atoms with Crippen LogP contribution < -0.4 is 0 Å². The van der Waals surface area contributed by atoms with Crippen molar-refractivity contribution < 1.29 is 10.0 Å². The largest absolute Gasteiger partial charge is 0.454 e. The number of hydrogen-bond donors (Lipinski definition) is 2. The summed E-state index contributed by atoms with van der Waals surface area (Å²) in [5, 5.41) is 18.1. The second-order valence-corrected chi connectivity index (χ2v) is 4.69. The van der Waals surface area contributed by atoms with Gasteiger partial charge in [0.05, 0.1) is 0 Å². The van der Waals surface area contributed by atoms with Crippen molar-refractivity contribution >= 4 is 7.12 Å². The van der Waals surface area contributed by atoms with Gasteiger partial charge in [-0.2, -0.15) is 0 Å². The number of unbranched alkanes of at least 4 members (excludes halogenated alkanes) is 2. The molecule has 0 atom stereocenters. The minimum atomic E-state index is -1.08. The van der Waals surface area contributed by atoms with Crippen molar-refractivity contribution in [3.63, 3.8) is 0 Å². The van der Waals surface area contributed by atoms with Gasteiger partial charge in [0, 0.05) is 0 Å². The van der Waals surface area contributed by atoms with Crippen molar-refractivity contribution in [3.05, 3.63) is 0 Å². The van der Waals surface area contributed by atoms with Gasteiger partial charge in [0.15, 0.2) is 0 Å². The lowest BCUT2D eigenvalue weighted by Crippen LogP contribution is -2.24. The Morgan fingerprint density at radius 1 is 1.07 bits per heavy atom. The Kier molecular flexibility index (Phi) is 5.57. The van der Waals surface area contributed by atoms with Crippen molar-refractivity contribution in [1.29, 1.82) is 0 Å². The number of hydrogen-bond acceptors (Lipinski definition) is 2. The Balaban J connectivity index is 2.09. The fraction of sp³-hybridized carbons (Fsp3) is 1.00. The molecule has 14 heavy (non-hydrogen) atoms. The van der Waals surface area contributed by atoms with Crippen LogP contribution in [0.15, 0.2) is 0 Å². The molecule has 0 aromatic heterocycles. The highest BCUT2D eigenvalue weighted by Crippen LogP contribution is 2.35. The first-order valence-corrected chi connectivity index (χ1v) is 6.10. The SMILES string of the molecule is CCCCCC1CCC(B(O)O)CC1. The van der Waals surface area contributed by atoms with Crippen molar-refractivity contribution in [1.82, 2.24) is 0 Å². The summed E-state index contributed by atoms with van der Waals surface area (Å²) in [5.41, 5.74) is 0. The molecule has 0 bridgehead atoms. The Bertz CT molecular complexity index is 142. The fourth-order valence-electron chi connectivity index (χ4n) is 2.46. The van der Waals surface area contributed by atoms with Crippen molar-refractivity contribution in [3.8, 4) is 0 Å². The lowest BCUT2D eigenvalue weighted by Gasteiger charge is -2.27. The van der Waals surface area contributed by atoms with Crippen LogP contribution in [0.4, 0.5) is 0 Å². The maximum absolute atomic E-state index is 9.03. The van der Waals surface area contributed by atoms with Gasteiger partial charge in [-0.05, 0) is 11.7 Å². The van der Waals surface area contributed by atoms with Crippen LogP contribution in [-0.4, -0.2) is 17.2 Å². The van der Waals surface area contributed by atoms with Crippen LogP contribution in [0.5, 0.6) is 0 Å². The molecule has 1 fully saturated rings. The molecule has 2 nitrogen and oxygen atoms in total. The van der Waals surface area contributed by atoms with Gasteiger partial charge < -0.3 is 10.0 Å². The zero-order valence-electron chi connectivity index (χ0n) is 9.28. The second kappa shape index (κ2) is 6.47. The third-order valence-electron chi connectivity index (χ3n) is 3.53. The summed E-state index contributed by atoms with van der Waals surface area (Å²) < 4.78 is 0. The summed E-state index contributed by atoms with van der Waals surface area (Å²) in [6.07, 6.45) is 9.77. The molecule has 0 aromatic rings. The van der Waals surface area contributed by atoms with Crippen LogP contribution in [-0.2, 0) is 0 Å². The highest BCUT2D eigenvalue weighted by Gasteiger charge is 2.28. The molecule has 1 aliphatic rings. The predicted molar refractivity (Wildman–Crippen MR) is 60.0 cm³/mol. The third-order valence-corrected chi connectivity index (χ3v) is 3.53. The molecule has 1 rings (SSSR count). The molecule has 82 valence electrons. The van der Waals surface area contributed by atoms with Crippen molar-refractivity contribution in [2.45, 2.75) is 64.1 Å². The Labute approximate surface area is 87.9 Å². The van der Waals surface area contributed by atoms with Crippen LogP contribution in [0.1, 0.15) is 58.3 Å². The van der Waals surface area contributed by atoms with Gasteiger partial charge in [-0.3, -0.25) is 0 Å². The van der Waals surface area contributed by atoms with Gasteiger partial charge in [-0.1, -0.05) is 58.3 Å². The van der Waals surface area contributed by atoms with Crippen LogP contribution in [0.25, 0.3) is 0 Å². The van der Waals surface area contributed by atoms with E-state index in [0.29, 0.717) is 0 Å². The van der Waals surface area contributed by atoms with Crippen LogP contribution >= 0.6 is 0 Å². The van der Waals surface area contributed by atoms with E-state index in [-0.39, 0.29) is 5.82 Å². The minimum Gasteiger partial charge on any atom is -0.427 e. The van der Waals surface area contributed by atoms with Gasteiger partial charge in [0.1, 0.15) is 0 Å². The lowest BCUT2D eigenvalue weighted by molar-refractivity contribution is 0.290. The Morgan fingerprint density at radius 3 is 2.21 bits per heavy atom. The van der Waals surface area contributed by atoms with Gasteiger partial charge in [0.25, 0.3) is 0 Å². The Hall–Kier alpha value is -0.0151. The van der Waals surface area contributed by atoms with Crippen LogP contribution in [0.2, 0.25) is 5.82 Å². The summed E-state index contributed by atoms with van der Waals surface area (Å²) in [6.45, 7) is 2.24. The Morgan fingerprint density at radius 2 is 1.71 bits per heavy atom. The quantitative estimate of drug-likeness (QED) is 0.526. The summed E-state index contributed by atoms with van der Waals surface area (Å²) in [6, 6.07) is 0. The average molecular weight is 198 g/mol. The van der Waals surface area contributed by atoms with Gasteiger partial charge in [-0.15, -0.1) is 0 Å². The molecule has 0 heterocycles. The first-order valence-electron chi connectivity index (χ1n) is 6.10. The third kappa shape index (κ3) is 4.01. The molecule has 0 aliphatic heterocycles. The molecule has 1 saturated carbocycles. The van der Waals surface area contributed by atoms with E-state index in [9.17, 15) is 0 Å². The van der Waals surface area contributed by atoms with E-state index >= 15 is 0 Å². The highest BCUT2D eigenvalue weighted by molar-refractivity contribution is 6.43. The summed E-state index contributed by atoms with van der Waals surface area (Å²) in [4.78, 5) is 0. The zero-order valence-corrected chi connectivity index (χ0v) is 9.28. The average Bonchev–Trinajstić information content (AvgIpc) is 2.19. The standard InChI is InChI=1S/C11H23BO2/c1-2-3-4-5-10-6-8-11(9-7-10)12(13)14/h10-11,13-14H,2-9H2,1H3. The molecule has 0 spiro atoms. The summed E-state index contributed by atoms with van der Waals surface area (Å²) in [7, 11) is -1.08. The van der Waals surface area contributed by atoms with E-state index in [1.165, 1.54) is 38.5 Å². The van der Waals surface area contributed by atoms with E-state index in [1.54, 1.807) is 0 Å². The number of rotatable bonds is 5. The first-order chi connectivity index (χ1) is 6.74. The lowest BCUT2D eigenvalue weighted by atomic mass is 9.63. The van der Waals surface area contributed by atoms with E-state index in [1.807, 2.05) is 0 Å². The molecular weight excluding hydrogens is 175 g/mol. The maximum atomic E-state index is 9.03. The van der Waals surface area contributed by atoms with Gasteiger partial charge in [0.2, 0.25) is 0 Å². The molecule has 0 amide bonds. The fourth-order valence-corrected chi connectivity index (χ4v) is 2.46. The van der Waals surface area contributed by atoms with E-state index in [0.717, 1.165) is 18.8 Å². The molecule has 0 unspecified atom stereocenters. The molecule has 0 aromatic carbocycles. The van der Waals surface area contributed by atoms with Gasteiger partial charge in [-0.25, -0.2) is 0 Å². The van der Waals surface area contributed by atoms with Crippen LogP contribution in [0, 0.1) is 5.92 Å². The predicted octanol–water partition coefficient (Wildman–Crippen LogP) is 2.60. The van der Waals surface area contributed by atoms with Crippen molar-refractivity contribution in [2.24, 2.45) is 5.92 Å². The monoisotopic (exact) mass is 198 g/mol. The smallest absolute Gasteiger partial charge is 0.427 e. The molecule has 0 saturated heterocycles. The molecular formula is C11H23BO2. The van der Waals surface area contributed by atoms with E-state index in [4.69, 9.17) is 10.0 Å². The summed E-state index contributed by atoms with van der Waals surface area (Å²) >= 11 is 0. The van der Waals surface area contributed by atoms with E-state index < -0.39 is 7.12 Å². The maximum Gasteiger partial charge on any atom is 0.454 e. The second-order valence-electron chi connectivity index (χ2n) is 4.69. The first kappa shape index (κ1) is 12.1. The van der Waals surface area contributed by atoms with Gasteiger partial charge >= 0.3 is 7.12 Å². The topological polar surface area (TPSA) is 40.5 Å². The molecule has 3 heteroatoms. The zero-order chi connectivity index (χ0) is 10.4. The minimum absolute atomic E-state index is 0.150. The van der Waals surface area contributed by atoms with Crippen LogP contribution in [0.3, 0.4) is 0 Å².